The number of carbonyl (C=O) groups excluding carboxylic acids is 2. The van der Waals surface area contributed by atoms with E-state index in [4.69, 9.17) is 4.74 Å². The molecule has 0 unspecified atom stereocenters. The van der Waals surface area contributed by atoms with Crippen molar-refractivity contribution in [1.82, 2.24) is 0 Å². The highest BCUT2D eigenvalue weighted by Crippen LogP contribution is 2.44. The van der Waals surface area contributed by atoms with Crippen LogP contribution in [0.4, 0.5) is 5.69 Å². The molecule has 1 heterocycles. The average molecular weight is 287 g/mol. The van der Waals surface area contributed by atoms with Crippen molar-refractivity contribution in [3.63, 3.8) is 0 Å². The fourth-order valence-electron chi connectivity index (χ4n) is 3.58. The first-order chi connectivity index (χ1) is 10.1. The van der Waals surface area contributed by atoms with Gasteiger partial charge < -0.3 is 10.1 Å². The maximum Gasteiger partial charge on any atom is 0.307 e. The van der Waals surface area contributed by atoms with E-state index < -0.39 is 5.60 Å². The second-order valence-electron chi connectivity index (χ2n) is 6.21. The number of carbonyl (C=O) groups is 2. The number of nitrogens with one attached hydrogen (secondary N) is 1. The molecule has 1 aliphatic heterocycles. The van der Waals surface area contributed by atoms with E-state index in [1.54, 1.807) is 0 Å². The first kappa shape index (κ1) is 14.1. The first-order valence-electron chi connectivity index (χ1n) is 7.68. The molecule has 4 nitrogen and oxygen atoms in total. The zero-order valence-electron chi connectivity index (χ0n) is 12.4. The molecule has 0 bridgehead atoms. The van der Waals surface area contributed by atoms with Gasteiger partial charge in [0, 0.05) is 5.69 Å². The van der Waals surface area contributed by atoms with E-state index in [0.717, 1.165) is 43.4 Å². The SMILES string of the molecule is Cc1cccc(NC(=O)[C@H]2CC(=O)OC23CCCCC3)c1. The van der Waals surface area contributed by atoms with E-state index in [1.807, 2.05) is 31.2 Å². The molecule has 1 aromatic carbocycles. The monoisotopic (exact) mass is 287 g/mol. The lowest BCUT2D eigenvalue weighted by Gasteiger charge is -2.36. The van der Waals surface area contributed by atoms with Crippen LogP contribution < -0.4 is 5.32 Å². The maximum atomic E-state index is 12.6. The van der Waals surface area contributed by atoms with Gasteiger partial charge in [0.25, 0.3) is 0 Å². The van der Waals surface area contributed by atoms with E-state index in [1.165, 1.54) is 0 Å². The fraction of sp³-hybridized carbons (Fsp3) is 0.529. The van der Waals surface area contributed by atoms with Crippen LogP contribution in [0, 0.1) is 12.8 Å². The van der Waals surface area contributed by atoms with Crippen LogP contribution >= 0.6 is 0 Å². The first-order valence-corrected chi connectivity index (χ1v) is 7.68. The summed E-state index contributed by atoms with van der Waals surface area (Å²) in [4.78, 5) is 24.3. The highest BCUT2D eigenvalue weighted by Gasteiger charge is 2.52. The Morgan fingerprint density at radius 2 is 2.05 bits per heavy atom. The Hall–Kier alpha value is -1.84. The molecular weight excluding hydrogens is 266 g/mol. The Kier molecular flexibility index (Phi) is 3.70. The van der Waals surface area contributed by atoms with Gasteiger partial charge in [-0.15, -0.1) is 0 Å². The van der Waals surface area contributed by atoms with Crippen molar-refractivity contribution in [2.75, 3.05) is 5.32 Å². The van der Waals surface area contributed by atoms with Crippen LogP contribution in [-0.2, 0) is 14.3 Å². The third-order valence-electron chi connectivity index (χ3n) is 4.62. The lowest BCUT2D eigenvalue weighted by Crippen LogP contribution is -2.43. The summed E-state index contributed by atoms with van der Waals surface area (Å²) in [7, 11) is 0. The molecule has 2 aliphatic rings. The van der Waals surface area contributed by atoms with Crippen molar-refractivity contribution in [2.45, 2.75) is 51.0 Å². The normalized spacial score (nSPS) is 23.9. The van der Waals surface area contributed by atoms with E-state index in [2.05, 4.69) is 5.32 Å². The number of benzene rings is 1. The van der Waals surface area contributed by atoms with Gasteiger partial charge in [0.1, 0.15) is 5.60 Å². The minimum Gasteiger partial charge on any atom is -0.458 e. The molecule has 0 aromatic heterocycles. The fourth-order valence-corrected chi connectivity index (χ4v) is 3.58. The lowest BCUT2D eigenvalue weighted by molar-refractivity contribution is -0.153. The molecule has 1 saturated carbocycles. The van der Waals surface area contributed by atoms with Crippen LogP contribution in [0.15, 0.2) is 24.3 Å². The number of amides is 1. The van der Waals surface area contributed by atoms with Crippen LogP contribution in [0.2, 0.25) is 0 Å². The molecule has 1 amide bonds. The van der Waals surface area contributed by atoms with E-state index in [9.17, 15) is 9.59 Å². The Balaban J connectivity index is 1.77. The van der Waals surface area contributed by atoms with Gasteiger partial charge in [-0.25, -0.2) is 0 Å². The molecule has 1 atom stereocenters. The van der Waals surface area contributed by atoms with E-state index in [-0.39, 0.29) is 24.2 Å². The zero-order valence-corrected chi connectivity index (χ0v) is 12.4. The number of anilines is 1. The molecule has 2 fully saturated rings. The minimum atomic E-state index is -0.552. The Morgan fingerprint density at radius 1 is 1.29 bits per heavy atom. The molecule has 1 aliphatic carbocycles. The maximum absolute atomic E-state index is 12.6. The van der Waals surface area contributed by atoms with Gasteiger partial charge in [0.15, 0.2) is 0 Å². The quantitative estimate of drug-likeness (QED) is 0.850. The van der Waals surface area contributed by atoms with Crippen LogP contribution in [0.25, 0.3) is 0 Å². The summed E-state index contributed by atoms with van der Waals surface area (Å²) in [5.74, 6) is -0.680. The van der Waals surface area contributed by atoms with Gasteiger partial charge in [-0.3, -0.25) is 9.59 Å². The number of esters is 1. The smallest absolute Gasteiger partial charge is 0.307 e. The van der Waals surface area contributed by atoms with Crippen molar-refractivity contribution in [1.29, 1.82) is 0 Å². The Bertz CT molecular complexity index is 561. The zero-order chi connectivity index (χ0) is 14.9. The van der Waals surface area contributed by atoms with Crippen LogP contribution in [0.1, 0.15) is 44.1 Å². The predicted molar refractivity (Wildman–Crippen MR) is 79.8 cm³/mol. The summed E-state index contributed by atoms with van der Waals surface area (Å²) in [6.07, 6.45) is 5.04. The number of hydrogen-bond acceptors (Lipinski definition) is 3. The number of ether oxygens (including phenoxy) is 1. The van der Waals surface area contributed by atoms with Crippen molar-refractivity contribution in [3.8, 4) is 0 Å². The Labute approximate surface area is 124 Å². The molecular formula is C17H21NO3. The largest absolute Gasteiger partial charge is 0.458 e. The van der Waals surface area contributed by atoms with E-state index in [0.29, 0.717) is 0 Å². The molecule has 3 rings (SSSR count). The van der Waals surface area contributed by atoms with Crippen LogP contribution in [-0.4, -0.2) is 17.5 Å². The number of aryl methyl sites for hydroxylation is 1. The van der Waals surface area contributed by atoms with Crippen LogP contribution in [0.3, 0.4) is 0 Å². The molecule has 4 heteroatoms. The standard InChI is InChI=1S/C17H21NO3/c1-12-6-5-7-13(10-12)18-16(20)14-11-15(19)21-17(14)8-3-2-4-9-17/h5-7,10,14H,2-4,8-9,11H2,1H3,(H,18,20)/t14-/m1/s1. The predicted octanol–water partition coefficient (Wildman–Crippen LogP) is 3.20. The van der Waals surface area contributed by atoms with Gasteiger partial charge in [-0.05, 0) is 50.3 Å². The second kappa shape index (κ2) is 5.51. The van der Waals surface area contributed by atoms with Crippen molar-refractivity contribution < 1.29 is 14.3 Å². The molecule has 21 heavy (non-hydrogen) atoms. The van der Waals surface area contributed by atoms with Gasteiger partial charge in [-0.1, -0.05) is 18.6 Å². The van der Waals surface area contributed by atoms with Gasteiger partial charge >= 0.3 is 5.97 Å². The number of hydrogen-bond donors (Lipinski definition) is 1. The molecule has 112 valence electrons. The third kappa shape index (κ3) is 2.80. The summed E-state index contributed by atoms with van der Waals surface area (Å²) in [5, 5.41) is 2.95. The lowest BCUT2D eigenvalue weighted by atomic mass is 9.75. The topological polar surface area (TPSA) is 55.4 Å². The van der Waals surface area contributed by atoms with Gasteiger partial charge in [0.05, 0.1) is 12.3 Å². The summed E-state index contributed by atoms with van der Waals surface area (Å²) in [5.41, 5.74) is 1.33. The Morgan fingerprint density at radius 3 is 2.76 bits per heavy atom. The molecule has 1 saturated heterocycles. The van der Waals surface area contributed by atoms with Crippen LogP contribution in [0.5, 0.6) is 0 Å². The summed E-state index contributed by atoms with van der Waals surface area (Å²) in [6, 6.07) is 7.71. The third-order valence-corrected chi connectivity index (χ3v) is 4.62. The summed E-state index contributed by atoms with van der Waals surface area (Å²) >= 11 is 0. The highest BCUT2D eigenvalue weighted by atomic mass is 16.6. The van der Waals surface area contributed by atoms with Crippen molar-refractivity contribution in [3.05, 3.63) is 29.8 Å². The highest BCUT2D eigenvalue weighted by molar-refractivity contribution is 5.97. The van der Waals surface area contributed by atoms with Crippen molar-refractivity contribution in [2.24, 2.45) is 5.92 Å². The second-order valence-corrected chi connectivity index (χ2v) is 6.21. The summed E-state index contributed by atoms with van der Waals surface area (Å²) in [6.45, 7) is 1.99. The van der Waals surface area contributed by atoms with E-state index >= 15 is 0 Å². The summed E-state index contributed by atoms with van der Waals surface area (Å²) < 4.78 is 5.59. The minimum absolute atomic E-state index is 0.0895. The van der Waals surface area contributed by atoms with Gasteiger partial charge in [0.2, 0.25) is 5.91 Å². The molecule has 1 spiro atoms. The van der Waals surface area contributed by atoms with Crippen molar-refractivity contribution >= 4 is 17.6 Å². The molecule has 1 aromatic rings. The number of rotatable bonds is 2. The molecule has 0 radical (unpaired) electrons. The van der Waals surface area contributed by atoms with Gasteiger partial charge in [-0.2, -0.15) is 0 Å². The average Bonchev–Trinajstić information content (AvgIpc) is 2.76. The molecule has 1 N–H and O–H groups in total.